The number of rotatable bonds is 4. The van der Waals surface area contributed by atoms with Gasteiger partial charge in [-0.3, -0.25) is 0 Å². The first-order valence-corrected chi connectivity index (χ1v) is 7.05. The van der Waals surface area contributed by atoms with Gasteiger partial charge in [0.15, 0.2) is 0 Å². The fourth-order valence-corrected chi connectivity index (χ4v) is 3.29. The van der Waals surface area contributed by atoms with E-state index in [2.05, 4.69) is 4.72 Å². The lowest BCUT2D eigenvalue weighted by Crippen LogP contribution is -2.48. The van der Waals surface area contributed by atoms with Crippen molar-refractivity contribution in [1.82, 2.24) is 4.72 Å². The molecule has 6 heteroatoms. The zero-order valence-corrected chi connectivity index (χ0v) is 11.7. The van der Waals surface area contributed by atoms with Gasteiger partial charge in [-0.15, -0.1) is 0 Å². The fraction of sp³-hybridized carbons (Fsp3) is 0.455. The third-order valence-corrected chi connectivity index (χ3v) is 4.72. The molecule has 0 saturated carbocycles. The highest BCUT2D eigenvalue weighted by molar-refractivity contribution is 7.89. The first kappa shape index (κ1) is 14.4. The molecule has 17 heavy (non-hydrogen) atoms. The van der Waals surface area contributed by atoms with Gasteiger partial charge in [0.25, 0.3) is 0 Å². The first-order valence-electron chi connectivity index (χ1n) is 5.19. The Bertz CT molecular complexity index is 512. The van der Waals surface area contributed by atoms with Crippen LogP contribution in [0.25, 0.3) is 0 Å². The van der Waals surface area contributed by atoms with Gasteiger partial charge in [0.1, 0.15) is 4.90 Å². The molecule has 0 spiro atoms. The second kappa shape index (κ2) is 4.94. The van der Waals surface area contributed by atoms with E-state index in [1.54, 1.807) is 32.9 Å². The van der Waals surface area contributed by atoms with Gasteiger partial charge in [0, 0.05) is 12.1 Å². The zero-order valence-electron chi connectivity index (χ0n) is 10.1. The lowest BCUT2D eigenvalue weighted by molar-refractivity contribution is 0.462. The Kier molecular flexibility index (Phi) is 4.19. The summed E-state index contributed by atoms with van der Waals surface area (Å²) in [5, 5.41) is 0.243. The Hall–Kier alpha value is -0.620. The molecular formula is C11H17ClN2O2S. The predicted octanol–water partition coefficient (Wildman–Crippen LogP) is 1.66. The van der Waals surface area contributed by atoms with Crippen LogP contribution in [0.2, 0.25) is 5.02 Å². The summed E-state index contributed by atoms with van der Waals surface area (Å²) >= 11 is 6.00. The molecule has 0 aliphatic carbocycles. The van der Waals surface area contributed by atoms with Crippen LogP contribution in [0.3, 0.4) is 0 Å². The molecule has 1 rings (SSSR count). The van der Waals surface area contributed by atoms with Crippen LogP contribution in [0.4, 0.5) is 0 Å². The third-order valence-electron chi connectivity index (χ3n) is 2.37. The summed E-state index contributed by atoms with van der Waals surface area (Å²) in [5.74, 6) is 0. The van der Waals surface area contributed by atoms with Gasteiger partial charge in [-0.2, -0.15) is 0 Å². The van der Waals surface area contributed by atoms with E-state index in [9.17, 15) is 8.42 Å². The summed E-state index contributed by atoms with van der Waals surface area (Å²) < 4.78 is 26.8. The minimum Gasteiger partial charge on any atom is -0.329 e. The van der Waals surface area contributed by atoms with Crippen molar-refractivity contribution in [2.24, 2.45) is 5.73 Å². The number of benzene rings is 1. The van der Waals surface area contributed by atoms with Gasteiger partial charge in [0.2, 0.25) is 10.0 Å². The van der Waals surface area contributed by atoms with E-state index >= 15 is 0 Å². The van der Waals surface area contributed by atoms with Crippen molar-refractivity contribution < 1.29 is 8.42 Å². The second-order valence-corrected chi connectivity index (χ2v) is 6.61. The molecule has 0 fully saturated rings. The summed E-state index contributed by atoms with van der Waals surface area (Å²) in [5.41, 5.74) is 5.52. The standard InChI is InChI=1S/C11H17ClN2O2S/c1-8-5-4-6-9(10(8)12)17(15,16)14-11(2,3)7-13/h4-6,14H,7,13H2,1-3H3. The van der Waals surface area contributed by atoms with E-state index in [0.717, 1.165) is 5.56 Å². The van der Waals surface area contributed by atoms with Gasteiger partial charge < -0.3 is 5.73 Å². The molecule has 0 saturated heterocycles. The highest BCUT2D eigenvalue weighted by Gasteiger charge is 2.26. The minimum atomic E-state index is -3.65. The Balaban J connectivity index is 3.19. The van der Waals surface area contributed by atoms with E-state index in [4.69, 9.17) is 17.3 Å². The second-order valence-electron chi connectivity index (χ2n) is 4.58. The summed E-state index contributed by atoms with van der Waals surface area (Å²) in [6.45, 7) is 5.40. The van der Waals surface area contributed by atoms with Gasteiger partial charge in [-0.25, -0.2) is 13.1 Å². The molecule has 96 valence electrons. The highest BCUT2D eigenvalue weighted by atomic mass is 35.5. The summed E-state index contributed by atoms with van der Waals surface area (Å²) in [7, 11) is -3.65. The van der Waals surface area contributed by atoms with Crippen molar-refractivity contribution in [1.29, 1.82) is 0 Å². The van der Waals surface area contributed by atoms with Crippen molar-refractivity contribution in [2.45, 2.75) is 31.2 Å². The molecule has 0 amide bonds. The van der Waals surface area contributed by atoms with E-state index in [-0.39, 0.29) is 16.5 Å². The average Bonchev–Trinajstić information content (AvgIpc) is 2.20. The predicted molar refractivity (Wildman–Crippen MR) is 69.6 cm³/mol. The molecule has 0 radical (unpaired) electrons. The maximum Gasteiger partial charge on any atom is 0.242 e. The van der Waals surface area contributed by atoms with Crippen molar-refractivity contribution >= 4 is 21.6 Å². The Morgan fingerprint density at radius 2 is 2.00 bits per heavy atom. The van der Waals surface area contributed by atoms with Crippen LogP contribution in [-0.4, -0.2) is 20.5 Å². The third kappa shape index (κ3) is 3.42. The van der Waals surface area contributed by atoms with E-state index in [0.29, 0.717) is 0 Å². The number of halogens is 1. The molecule has 0 bridgehead atoms. The first-order chi connectivity index (χ1) is 7.69. The molecule has 0 aliphatic heterocycles. The van der Waals surface area contributed by atoms with Gasteiger partial charge >= 0.3 is 0 Å². The molecule has 1 aromatic carbocycles. The number of nitrogens with one attached hydrogen (secondary N) is 1. The quantitative estimate of drug-likeness (QED) is 0.879. The Morgan fingerprint density at radius 1 is 1.41 bits per heavy atom. The van der Waals surface area contributed by atoms with Crippen molar-refractivity contribution in [3.8, 4) is 0 Å². The number of hydrogen-bond acceptors (Lipinski definition) is 3. The highest BCUT2D eigenvalue weighted by Crippen LogP contribution is 2.25. The number of hydrogen-bond donors (Lipinski definition) is 2. The van der Waals surface area contributed by atoms with Crippen LogP contribution in [0.15, 0.2) is 23.1 Å². The topological polar surface area (TPSA) is 72.2 Å². The number of nitrogens with two attached hydrogens (primary N) is 1. The van der Waals surface area contributed by atoms with Crippen LogP contribution in [0.1, 0.15) is 19.4 Å². The molecule has 0 atom stereocenters. The molecule has 0 aliphatic rings. The summed E-state index contributed by atoms with van der Waals surface area (Å²) in [4.78, 5) is 0.0840. The summed E-state index contributed by atoms with van der Waals surface area (Å²) in [6.07, 6.45) is 0. The number of sulfonamides is 1. The van der Waals surface area contributed by atoms with Crippen molar-refractivity contribution in [3.63, 3.8) is 0 Å². The van der Waals surface area contributed by atoms with Crippen molar-refractivity contribution in [3.05, 3.63) is 28.8 Å². The van der Waals surface area contributed by atoms with Gasteiger partial charge in [-0.05, 0) is 32.4 Å². The largest absolute Gasteiger partial charge is 0.329 e. The van der Waals surface area contributed by atoms with Gasteiger partial charge in [-0.1, -0.05) is 23.7 Å². The molecule has 3 N–H and O–H groups in total. The Morgan fingerprint density at radius 3 is 2.53 bits per heavy atom. The molecule has 0 unspecified atom stereocenters. The molecule has 4 nitrogen and oxygen atoms in total. The molecule has 0 heterocycles. The fourth-order valence-electron chi connectivity index (χ4n) is 1.29. The van der Waals surface area contributed by atoms with Crippen LogP contribution in [0, 0.1) is 6.92 Å². The molecular weight excluding hydrogens is 260 g/mol. The lowest BCUT2D eigenvalue weighted by atomic mass is 10.1. The van der Waals surface area contributed by atoms with Crippen LogP contribution >= 0.6 is 11.6 Å². The molecule has 0 aromatic heterocycles. The van der Waals surface area contributed by atoms with Crippen molar-refractivity contribution in [2.75, 3.05) is 6.54 Å². The average molecular weight is 277 g/mol. The van der Waals surface area contributed by atoms with Crippen LogP contribution < -0.4 is 10.5 Å². The van der Waals surface area contributed by atoms with E-state index in [1.807, 2.05) is 0 Å². The van der Waals surface area contributed by atoms with Crippen LogP contribution in [-0.2, 0) is 10.0 Å². The zero-order chi connectivity index (χ0) is 13.3. The van der Waals surface area contributed by atoms with E-state index in [1.165, 1.54) is 6.07 Å². The molecule has 1 aromatic rings. The normalized spacial score (nSPS) is 12.8. The monoisotopic (exact) mass is 276 g/mol. The smallest absolute Gasteiger partial charge is 0.242 e. The SMILES string of the molecule is Cc1cccc(S(=O)(=O)NC(C)(C)CN)c1Cl. The van der Waals surface area contributed by atoms with Crippen LogP contribution in [0.5, 0.6) is 0 Å². The number of aryl methyl sites for hydroxylation is 1. The summed E-state index contributed by atoms with van der Waals surface area (Å²) in [6, 6.07) is 4.89. The Labute approximate surface area is 107 Å². The maximum atomic E-state index is 12.1. The van der Waals surface area contributed by atoms with Gasteiger partial charge in [0.05, 0.1) is 5.02 Å². The minimum absolute atomic E-state index is 0.0840. The maximum absolute atomic E-state index is 12.1. The van der Waals surface area contributed by atoms with E-state index < -0.39 is 15.6 Å². The lowest BCUT2D eigenvalue weighted by Gasteiger charge is -2.24.